The Hall–Kier alpha value is -3.41. The maximum atomic E-state index is 13.0. The number of aromatic nitrogens is 4. The van der Waals surface area contributed by atoms with Crippen LogP contribution in [-0.4, -0.2) is 43.5 Å². The molecule has 0 fully saturated rings. The summed E-state index contributed by atoms with van der Waals surface area (Å²) in [6, 6.07) is 11.2. The van der Waals surface area contributed by atoms with E-state index in [9.17, 15) is 22.8 Å². The molecular formula is C18H15F3N6O2S. The van der Waals surface area contributed by atoms with Gasteiger partial charge >= 0.3 is 6.18 Å². The number of pyridine rings is 1. The van der Waals surface area contributed by atoms with E-state index in [1.165, 1.54) is 24.5 Å². The minimum atomic E-state index is -4.51. The lowest BCUT2D eigenvalue weighted by atomic mass is 10.2. The first-order valence-corrected chi connectivity index (χ1v) is 9.49. The van der Waals surface area contributed by atoms with Gasteiger partial charge in [0.1, 0.15) is 6.54 Å². The summed E-state index contributed by atoms with van der Waals surface area (Å²) in [4.78, 5) is 27.7. The first kappa shape index (κ1) is 21.3. The predicted molar refractivity (Wildman–Crippen MR) is 102 cm³/mol. The number of amides is 2. The summed E-state index contributed by atoms with van der Waals surface area (Å²) in [5, 5.41) is 7.53. The summed E-state index contributed by atoms with van der Waals surface area (Å²) >= 11 is 0.769. The van der Waals surface area contributed by atoms with Gasteiger partial charge in [0.05, 0.1) is 5.75 Å². The third-order valence-corrected chi connectivity index (χ3v) is 4.64. The van der Waals surface area contributed by atoms with Crippen LogP contribution < -0.4 is 10.9 Å². The molecule has 1 aromatic carbocycles. The molecule has 12 heteroatoms. The number of hydrogen-bond acceptors (Lipinski definition) is 6. The van der Waals surface area contributed by atoms with Crippen LogP contribution in [0.1, 0.15) is 10.4 Å². The highest BCUT2D eigenvalue weighted by Gasteiger charge is 2.31. The number of nitrogens with one attached hydrogen (secondary N) is 2. The number of thioether (sulfide) groups is 1. The van der Waals surface area contributed by atoms with Gasteiger partial charge in [0.15, 0.2) is 11.0 Å². The van der Waals surface area contributed by atoms with Gasteiger partial charge < -0.3 is 0 Å². The van der Waals surface area contributed by atoms with Crippen LogP contribution >= 0.6 is 11.8 Å². The molecule has 0 unspecified atom stereocenters. The molecule has 2 aromatic heterocycles. The Morgan fingerprint density at radius 2 is 1.70 bits per heavy atom. The van der Waals surface area contributed by atoms with Crippen molar-refractivity contribution in [2.24, 2.45) is 0 Å². The normalized spacial score (nSPS) is 11.2. The summed E-state index contributed by atoms with van der Waals surface area (Å²) in [5.74, 6) is -1.40. The van der Waals surface area contributed by atoms with Crippen LogP contribution in [0, 0.1) is 0 Å². The van der Waals surface area contributed by atoms with E-state index < -0.39 is 24.5 Å². The first-order chi connectivity index (χ1) is 14.3. The lowest BCUT2D eigenvalue weighted by molar-refractivity contribution is -0.141. The van der Waals surface area contributed by atoms with E-state index in [1.54, 1.807) is 30.3 Å². The van der Waals surface area contributed by atoms with Crippen molar-refractivity contribution < 1.29 is 22.8 Å². The molecule has 0 saturated carbocycles. The van der Waals surface area contributed by atoms with E-state index in [4.69, 9.17) is 0 Å². The largest absolute Gasteiger partial charge is 0.406 e. The molecule has 3 rings (SSSR count). The molecule has 30 heavy (non-hydrogen) atoms. The van der Waals surface area contributed by atoms with Crippen LogP contribution in [0.3, 0.4) is 0 Å². The molecule has 2 heterocycles. The van der Waals surface area contributed by atoms with Gasteiger partial charge in [0.2, 0.25) is 5.91 Å². The Morgan fingerprint density at radius 1 is 1.00 bits per heavy atom. The summed E-state index contributed by atoms with van der Waals surface area (Å²) in [6.07, 6.45) is -1.65. The number of halogens is 3. The average molecular weight is 436 g/mol. The molecule has 0 aliphatic carbocycles. The van der Waals surface area contributed by atoms with Crippen molar-refractivity contribution in [2.45, 2.75) is 17.9 Å². The predicted octanol–water partition coefficient (Wildman–Crippen LogP) is 2.46. The van der Waals surface area contributed by atoms with E-state index in [-0.39, 0.29) is 16.7 Å². The molecule has 2 N–H and O–H groups in total. The van der Waals surface area contributed by atoms with Crippen LogP contribution in [0.4, 0.5) is 13.2 Å². The smallest absolute Gasteiger partial charge is 0.293 e. The number of nitrogens with zero attached hydrogens (tertiary/aromatic N) is 4. The molecule has 0 saturated heterocycles. The molecule has 0 radical (unpaired) electrons. The average Bonchev–Trinajstić information content (AvgIpc) is 3.12. The van der Waals surface area contributed by atoms with Crippen molar-refractivity contribution in [1.82, 2.24) is 30.6 Å². The Balaban J connectivity index is 1.65. The molecule has 0 aliphatic rings. The highest BCUT2D eigenvalue weighted by atomic mass is 32.2. The second-order valence-corrected chi connectivity index (χ2v) is 6.84. The second kappa shape index (κ2) is 9.39. The Bertz CT molecular complexity index is 1010. The van der Waals surface area contributed by atoms with Crippen LogP contribution in [0.5, 0.6) is 0 Å². The van der Waals surface area contributed by atoms with Crippen molar-refractivity contribution in [3.05, 3.63) is 60.4 Å². The number of carbonyl (C=O) groups excluding carboxylic acids is 2. The third kappa shape index (κ3) is 5.80. The van der Waals surface area contributed by atoms with Crippen molar-refractivity contribution in [3.63, 3.8) is 0 Å². The fraction of sp³-hybridized carbons (Fsp3) is 0.167. The zero-order valence-corrected chi connectivity index (χ0v) is 16.1. The number of hydrogen-bond donors (Lipinski definition) is 2. The van der Waals surface area contributed by atoms with Gasteiger partial charge in [0, 0.05) is 23.5 Å². The van der Waals surface area contributed by atoms with Crippen LogP contribution in [0.2, 0.25) is 0 Å². The zero-order valence-electron chi connectivity index (χ0n) is 15.3. The maximum Gasteiger partial charge on any atom is 0.406 e. The first-order valence-electron chi connectivity index (χ1n) is 8.51. The highest BCUT2D eigenvalue weighted by molar-refractivity contribution is 7.99. The second-order valence-electron chi connectivity index (χ2n) is 5.90. The van der Waals surface area contributed by atoms with Gasteiger partial charge in [-0.05, 0) is 24.3 Å². The van der Waals surface area contributed by atoms with Gasteiger partial charge in [-0.3, -0.25) is 30.0 Å². The van der Waals surface area contributed by atoms with Crippen molar-refractivity contribution in [1.29, 1.82) is 0 Å². The Labute approximate surface area is 172 Å². The van der Waals surface area contributed by atoms with E-state index >= 15 is 0 Å². The number of benzene rings is 1. The minimum absolute atomic E-state index is 0.00927. The monoisotopic (exact) mass is 436 g/mol. The maximum absolute atomic E-state index is 13.0. The Kier molecular flexibility index (Phi) is 6.67. The standard InChI is InChI=1S/C18H15F3N6O2S/c19-18(20,21)11-27-15(12-6-8-22-9-7-12)24-26-17(27)30-10-14(28)23-25-16(29)13-4-2-1-3-5-13/h1-9H,10-11H2,(H,23,28)(H,25,29). The van der Waals surface area contributed by atoms with Crippen LogP contribution in [0.25, 0.3) is 11.4 Å². The van der Waals surface area contributed by atoms with Crippen LogP contribution in [-0.2, 0) is 11.3 Å². The van der Waals surface area contributed by atoms with Crippen LogP contribution in [0.15, 0.2) is 60.0 Å². The summed E-state index contributed by atoms with van der Waals surface area (Å²) in [5.41, 5.74) is 5.20. The quantitative estimate of drug-likeness (QED) is 0.455. The number of hydrazine groups is 1. The van der Waals surface area contributed by atoms with E-state index in [2.05, 4.69) is 26.0 Å². The summed E-state index contributed by atoms with van der Waals surface area (Å²) in [6.45, 7) is -1.31. The topological polar surface area (TPSA) is 102 Å². The molecular weight excluding hydrogens is 421 g/mol. The van der Waals surface area contributed by atoms with Crippen molar-refractivity contribution in [3.8, 4) is 11.4 Å². The Morgan fingerprint density at radius 3 is 2.37 bits per heavy atom. The molecule has 156 valence electrons. The van der Waals surface area contributed by atoms with E-state index in [0.717, 1.165) is 16.3 Å². The number of rotatable bonds is 6. The molecule has 3 aromatic rings. The molecule has 2 amide bonds. The van der Waals surface area contributed by atoms with Gasteiger partial charge in [-0.2, -0.15) is 13.2 Å². The summed E-state index contributed by atoms with van der Waals surface area (Å²) in [7, 11) is 0. The van der Waals surface area contributed by atoms with Crippen molar-refractivity contribution in [2.75, 3.05) is 5.75 Å². The van der Waals surface area contributed by atoms with Gasteiger partial charge in [-0.1, -0.05) is 30.0 Å². The van der Waals surface area contributed by atoms with Gasteiger partial charge in [-0.15, -0.1) is 10.2 Å². The minimum Gasteiger partial charge on any atom is -0.293 e. The molecule has 0 spiro atoms. The van der Waals surface area contributed by atoms with Gasteiger partial charge in [0.25, 0.3) is 5.91 Å². The zero-order chi connectivity index (χ0) is 21.6. The van der Waals surface area contributed by atoms with Gasteiger partial charge in [-0.25, -0.2) is 0 Å². The molecule has 8 nitrogen and oxygen atoms in total. The molecule has 0 bridgehead atoms. The summed E-state index contributed by atoms with van der Waals surface area (Å²) < 4.78 is 40.0. The third-order valence-electron chi connectivity index (χ3n) is 3.68. The lowest BCUT2D eigenvalue weighted by Gasteiger charge is -2.12. The number of alkyl halides is 3. The lowest BCUT2D eigenvalue weighted by Crippen LogP contribution is -2.42. The fourth-order valence-corrected chi connectivity index (χ4v) is 3.12. The molecule has 0 aliphatic heterocycles. The van der Waals surface area contributed by atoms with Crippen molar-refractivity contribution >= 4 is 23.6 Å². The van der Waals surface area contributed by atoms with E-state index in [1.807, 2.05) is 0 Å². The fourth-order valence-electron chi connectivity index (χ4n) is 2.39. The highest BCUT2D eigenvalue weighted by Crippen LogP contribution is 2.28. The van der Waals surface area contributed by atoms with E-state index in [0.29, 0.717) is 11.1 Å². The SMILES string of the molecule is O=C(CSc1nnc(-c2ccncc2)n1CC(F)(F)F)NNC(=O)c1ccccc1. The number of carbonyl (C=O) groups is 2. The molecule has 0 atom stereocenters.